The Balaban J connectivity index is 1.79. The zero-order chi connectivity index (χ0) is 22.5. The summed E-state index contributed by atoms with van der Waals surface area (Å²) < 4.78 is 13.5. The lowest BCUT2D eigenvalue weighted by Gasteiger charge is -2.23. The fraction of sp³-hybridized carbons (Fsp3) is 0.250. The lowest BCUT2D eigenvalue weighted by molar-refractivity contribution is 0.280. The third-order valence-electron chi connectivity index (χ3n) is 5.16. The summed E-state index contributed by atoms with van der Waals surface area (Å²) in [6.45, 7) is 3.14. The number of halogens is 1. The molecule has 0 fully saturated rings. The van der Waals surface area contributed by atoms with Crippen molar-refractivity contribution < 1.29 is 14.6 Å². The van der Waals surface area contributed by atoms with Crippen LogP contribution >= 0.6 is 11.3 Å². The predicted molar refractivity (Wildman–Crippen MR) is 128 cm³/mol. The Bertz CT molecular complexity index is 1190. The van der Waals surface area contributed by atoms with Gasteiger partial charge in [-0.25, -0.2) is 9.37 Å². The molecule has 0 saturated carbocycles. The van der Waals surface area contributed by atoms with Crippen molar-refractivity contribution in [3.05, 3.63) is 71.1 Å². The first kappa shape index (κ1) is 22.1. The Hall–Kier alpha value is -3.07. The van der Waals surface area contributed by atoms with Crippen LogP contribution in [0.4, 0.5) is 15.9 Å². The summed E-state index contributed by atoms with van der Waals surface area (Å²) >= 11 is 1.51. The van der Waals surface area contributed by atoms with Gasteiger partial charge in [0.25, 0.3) is 0 Å². The summed E-state index contributed by atoms with van der Waals surface area (Å²) in [5.74, 6) is 0.397. The van der Waals surface area contributed by atoms with E-state index in [2.05, 4.69) is 10.3 Å². The largest absolute Gasteiger partial charge is 0.395 e. The van der Waals surface area contributed by atoms with Crippen LogP contribution < -0.4 is 10.2 Å². The highest BCUT2D eigenvalue weighted by atomic mass is 32.1. The molecule has 1 aromatic carbocycles. The molecule has 0 saturated heterocycles. The van der Waals surface area contributed by atoms with Gasteiger partial charge in [0, 0.05) is 46.9 Å². The molecule has 166 valence electrons. The second-order valence-electron chi connectivity index (χ2n) is 7.42. The molecule has 0 atom stereocenters. The van der Waals surface area contributed by atoms with Crippen LogP contribution in [-0.4, -0.2) is 46.5 Å². The smallest absolute Gasteiger partial charge is 0.132 e. The number of fused-ring (bicyclic) bond motifs is 1. The number of nitrogens with one attached hydrogen (secondary N) is 1. The zero-order valence-electron chi connectivity index (χ0n) is 17.8. The SMILES string of the molecule is Cc1cccc(CNc2cc(N(CCO)CCO)nc3scc(-c4ccc(F)cc4)c23)n1. The van der Waals surface area contributed by atoms with Gasteiger partial charge in [-0.3, -0.25) is 4.98 Å². The van der Waals surface area contributed by atoms with Crippen molar-refractivity contribution in [2.45, 2.75) is 13.5 Å². The number of aromatic nitrogens is 2. The Morgan fingerprint density at radius 1 is 1.03 bits per heavy atom. The Morgan fingerprint density at radius 2 is 1.78 bits per heavy atom. The average Bonchev–Trinajstić information content (AvgIpc) is 3.22. The quantitative estimate of drug-likeness (QED) is 0.353. The minimum atomic E-state index is -0.277. The van der Waals surface area contributed by atoms with Crippen molar-refractivity contribution in [3.8, 4) is 11.1 Å². The van der Waals surface area contributed by atoms with Gasteiger partial charge < -0.3 is 20.4 Å². The van der Waals surface area contributed by atoms with Crippen molar-refractivity contribution in [1.29, 1.82) is 0 Å². The van der Waals surface area contributed by atoms with Crippen LogP contribution in [-0.2, 0) is 6.54 Å². The summed E-state index contributed by atoms with van der Waals surface area (Å²) in [5.41, 5.74) is 4.61. The minimum absolute atomic E-state index is 0.0407. The number of anilines is 2. The first-order chi connectivity index (χ1) is 15.6. The van der Waals surface area contributed by atoms with Crippen LogP contribution in [0, 0.1) is 12.7 Å². The molecule has 3 heterocycles. The van der Waals surface area contributed by atoms with E-state index in [1.165, 1.54) is 23.5 Å². The number of aliphatic hydroxyl groups is 2. The molecule has 8 heteroatoms. The Labute approximate surface area is 190 Å². The Morgan fingerprint density at radius 3 is 2.47 bits per heavy atom. The van der Waals surface area contributed by atoms with Crippen LogP contribution in [0.25, 0.3) is 21.3 Å². The molecule has 0 unspecified atom stereocenters. The van der Waals surface area contributed by atoms with Crippen LogP contribution in [0.1, 0.15) is 11.4 Å². The second kappa shape index (κ2) is 10.0. The lowest BCUT2D eigenvalue weighted by Crippen LogP contribution is -2.30. The molecule has 0 bridgehead atoms. The van der Waals surface area contributed by atoms with E-state index < -0.39 is 0 Å². The fourth-order valence-corrected chi connectivity index (χ4v) is 4.60. The molecule has 6 nitrogen and oxygen atoms in total. The topological polar surface area (TPSA) is 81.5 Å². The first-order valence-corrected chi connectivity index (χ1v) is 11.3. The number of thiophene rings is 1. The lowest BCUT2D eigenvalue weighted by atomic mass is 10.0. The summed E-state index contributed by atoms with van der Waals surface area (Å²) in [4.78, 5) is 12.0. The van der Waals surface area contributed by atoms with Crippen molar-refractivity contribution in [2.75, 3.05) is 36.5 Å². The molecule has 0 amide bonds. The number of hydrogen-bond acceptors (Lipinski definition) is 7. The molecular formula is C24H25FN4O2S. The minimum Gasteiger partial charge on any atom is -0.395 e. The first-order valence-electron chi connectivity index (χ1n) is 10.4. The molecule has 0 aliphatic heterocycles. The summed E-state index contributed by atoms with van der Waals surface area (Å²) in [5, 5.41) is 25.4. The molecule has 3 N–H and O–H groups in total. The molecule has 0 aliphatic rings. The number of aryl methyl sites for hydroxylation is 1. The monoisotopic (exact) mass is 452 g/mol. The van der Waals surface area contributed by atoms with Gasteiger partial charge in [-0.1, -0.05) is 18.2 Å². The number of hydrogen-bond donors (Lipinski definition) is 3. The van der Waals surface area contributed by atoms with Gasteiger partial charge in [0.2, 0.25) is 0 Å². The van der Waals surface area contributed by atoms with E-state index in [-0.39, 0.29) is 19.0 Å². The standard InChI is InChI=1S/C24H25FN4O2S/c1-16-3-2-4-19(27-16)14-26-21-13-22(29(9-11-30)10-12-31)28-24-23(21)20(15-32-24)17-5-7-18(25)8-6-17/h2-8,13,15,30-31H,9-12,14H2,1H3,(H,26,28). The molecule has 32 heavy (non-hydrogen) atoms. The zero-order valence-corrected chi connectivity index (χ0v) is 18.6. The van der Waals surface area contributed by atoms with Gasteiger partial charge in [-0.15, -0.1) is 11.3 Å². The van der Waals surface area contributed by atoms with Crippen LogP contribution in [0.15, 0.2) is 53.9 Å². The molecule has 0 spiro atoms. The molecule has 3 aromatic heterocycles. The van der Waals surface area contributed by atoms with Crippen molar-refractivity contribution >= 4 is 33.1 Å². The highest BCUT2D eigenvalue weighted by Gasteiger charge is 2.17. The highest BCUT2D eigenvalue weighted by Crippen LogP contribution is 2.39. The van der Waals surface area contributed by atoms with Crippen LogP contribution in [0.2, 0.25) is 0 Å². The number of aliphatic hydroxyl groups excluding tert-OH is 2. The van der Waals surface area contributed by atoms with Crippen molar-refractivity contribution in [3.63, 3.8) is 0 Å². The molecule has 0 aliphatic carbocycles. The third kappa shape index (κ3) is 4.88. The van der Waals surface area contributed by atoms with Gasteiger partial charge in [0.15, 0.2) is 0 Å². The highest BCUT2D eigenvalue weighted by molar-refractivity contribution is 7.17. The predicted octanol–water partition coefficient (Wildman–Crippen LogP) is 4.21. The van der Waals surface area contributed by atoms with Gasteiger partial charge in [0.1, 0.15) is 16.5 Å². The van der Waals surface area contributed by atoms with Crippen LogP contribution in [0.5, 0.6) is 0 Å². The maximum atomic E-state index is 13.5. The molecule has 4 aromatic rings. The number of nitrogens with zero attached hydrogens (tertiary/aromatic N) is 3. The molecular weight excluding hydrogens is 427 g/mol. The van der Waals surface area contributed by atoms with Gasteiger partial charge >= 0.3 is 0 Å². The maximum absolute atomic E-state index is 13.5. The third-order valence-corrected chi connectivity index (χ3v) is 6.03. The van der Waals surface area contributed by atoms with Gasteiger partial charge in [0.05, 0.1) is 25.5 Å². The van der Waals surface area contributed by atoms with Crippen molar-refractivity contribution in [2.24, 2.45) is 0 Å². The van der Waals surface area contributed by atoms with E-state index in [1.807, 2.05) is 41.5 Å². The average molecular weight is 453 g/mol. The summed E-state index contributed by atoms with van der Waals surface area (Å²) in [6.07, 6.45) is 0. The van der Waals surface area contributed by atoms with Crippen molar-refractivity contribution in [1.82, 2.24) is 9.97 Å². The number of benzene rings is 1. The van der Waals surface area contributed by atoms with E-state index in [0.29, 0.717) is 25.5 Å². The van der Waals surface area contributed by atoms with E-state index in [9.17, 15) is 14.6 Å². The molecule has 4 rings (SSSR count). The number of pyridine rings is 2. The van der Waals surface area contributed by atoms with E-state index >= 15 is 0 Å². The van der Waals surface area contributed by atoms with Gasteiger partial charge in [-0.2, -0.15) is 0 Å². The molecule has 0 radical (unpaired) electrons. The van der Waals surface area contributed by atoms with E-state index in [4.69, 9.17) is 4.98 Å². The van der Waals surface area contributed by atoms with E-state index in [1.54, 1.807) is 12.1 Å². The fourth-order valence-electron chi connectivity index (χ4n) is 3.64. The normalized spacial score (nSPS) is 11.1. The maximum Gasteiger partial charge on any atom is 0.132 e. The second-order valence-corrected chi connectivity index (χ2v) is 8.28. The summed E-state index contributed by atoms with van der Waals surface area (Å²) in [7, 11) is 0. The van der Waals surface area contributed by atoms with E-state index in [0.717, 1.165) is 38.4 Å². The number of rotatable bonds is 9. The van der Waals surface area contributed by atoms with Gasteiger partial charge in [-0.05, 0) is 36.8 Å². The van der Waals surface area contributed by atoms with Crippen LogP contribution in [0.3, 0.4) is 0 Å². The summed E-state index contributed by atoms with van der Waals surface area (Å²) in [6, 6.07) is 14.3. The Kier molecular flexibility index (Phi) is 6.94.